The molecule has 3 heterocycles. The average Bonchev–Trinajstić information content (AvgIpc) is 2.73. The SMILES string of the molecule is CN1CCN(Cc2cn3ccc(Br)cc3n2)CC1. The highest BCUT2D eigenvalue weighted by molar-refractivity contribution is 9.10. The molecule has 0 unspecified atom stereocenters. The van der Waals surface area contributed by atoms with Crippen molar-refractivity contribution in [3.05, 3.63) is 34.7 Å². The van der Waals surface area contributed by atoms with Crippen molar-refractivity contribution < 1.29 is 0 Å². The quantitative estimate of drug-likeness (QED) is 0.846. The van der Waals surface area contributed by atoms with Gasteiger partial charge in [-0.3, -0.25) is 4.90 Å². The molecule has 1 fully saturated rings. The third kappa shape index (κ3) is 2.58. The number of halogens is 1. The van der Waals surface area contributed by atoms with Gasteiger partial charge in [0.25, 0.3) is 0 Å². The minimum absolute atomic E-state index is 0.952. The van der Waals surface area contributed by atoms with E-state index < -0.39 is 0 Å². The Kier molecular flexibility index (Phi) is 3.37. The zero-order chi connectivity index (χ0) is 12.5. The Hall–Kier alpha value is -0.910. The molecule has 3 rings (SSSR count). The molecule has 96 valence electrons. The van der Waals surface area contributed by atoms with Gasteiger partial charge in [0.1, 0.15) is 5.65 Å². The zero-order valence-electron chi connectivity index (χ0n) is 10.5. The van der Waals surface area contributed by atoms with Crippen LogP contribution in [-0.2, 0) is 6.54 Å². The molecular weight excluding hydrogens is 292 g/mol. The zero-order valence-corrected chi connectivity index (χ0v) is 12.1. The van der Waals surface area contributed by atoms with Crippen LogP contribution in [-0.4, -0.2) is 52.4 Å². The van der Waals surface area contributed by atoms with Crippen LogP contribution in [0.2, 0.25) is 0 Å². The summed E-state index contributed by atoms with van der Waals surface area (Å²) >= 11 is 3.48. The summed E-state index contributed by atoms with van der Waals surface area (Å²) in [5.74, 6) is 0. The predicted molar refractivity (Wildman–Crippen MR) is 75.7 cm³/mol. The Balaban J connectivity index is 1.74. The number of likely N-dealkylation sites (N-methyl/N-ethyl adjacent to an activating group) is 1. The number of hydrogen-bond acceptors (Lipinski definition) is 3. The number of hydrogen-bond donors (Lipinski definition) is 0. The van der Waals surface area contributed by atoms with Crippen LogP contribution in [0.15, 0.2) is 29.0 Å². The van der Waals surface area contributed by atoms with Crippen LogP contribution in [0.4, 0.5) is 0 Å². The van der Waals surface area contributed by atoms with Crippen molar-refractivity contribution in [3.63, 3.8) is 0 Å². The maximum absolute atomic E-state index is 4.66. The molecule has 0 aliphatic carbocycles. The van der Waals surface area contributed by atoms with Crippen molar-refractivity contribution in [2.24, 2.45) is 0 Å². The van der Waals surface area contributed by atoms with Crippen LogP contribution in [0.1, 0.15) is 5.69 Å². The monoisotopic (exact) mass is 308 g/mol. The average molecular weight is 309 g/mol. The number of rotatable bonds is 2. The Morgan fingerprint density at radius 3 is 2.83 bits per heavy atom. The van der Waals surface area contributed by atoms with Gasteiger partial charge < -0.3 is 9.30 Å². The maximum Gasteiger partial charge on any atom is 0.138 e. The molecule has 0 saturated carbocycles. The van der Waals surface area contributed by atoms with Gasteiger partial charge in [-0.1, -0.05) is 15.9 Å². The Labute approximate surface area is 115 Å². The van der Waals surface area contributed by atoms with Gasteiger partial charge in [-0.2, -0.15) is 0 Å². The normalized spacial score (nSPS) is 18.6. The summed E-state index contributed by atoms with van der Waals surface area (Å²) in [4.78, 5) is 9.51. The largest absolute Gasteiger partial charge is 0.307 e. The van der Waals surface area contributed by atoms with Crippen molar-refractivity contribution in [2.45, 2.75) is 6.54 Å². The lowest BCUT2D eigenvalue weighted by atomic mass is 10.3. The number of piperazine rings is 1. The van der Waals surface area contributed by atoms with Crippen LogP contribution in [0.25, 0.3) is 5.65 Å². The fourth-order valence-electron chi connectivity index (χ4n) is 2.32. The second kappa shape index (κ2) is 4.99. The van der Waals surface area contributed by atoms with E-state index in [4.69, 9.17) is 0 Å². The van der Waals surface area contributed by atoms with E-state index in [1.165, 1.54) is 0 Å². The van der Waals surface area contributed by atoms with Crippen LogP contribution in [0.3, 0.4) is 0 Å². The Morgan fingerprint density at radius 2 is 2.06 bits per heavy atom. The molecule has 1 aliphatic rings. The van der Waals surface area contributed by atoms with E-state index in [2.05, 4.69) is 48.4 Å². The van der Waals surface area contributed by atoms with Crippen molar-refractivity contribution in [2.75, 3.05) is 33.2 Å². The van der Waals surface area contributed by atoms with E-state index in [-0.39, 0.29) is 0 Å². The summed E-state index contributed by atoms with van der Waals surface area (Å²) in [5.41, 5.74) is 2.16. The number of aromatic nitrogens is 2. The molecule has 5 heteroatoms. The van der Waals surface area contributed by atoms with E-state index in [1.54, 1.807) is 0 Å². The standard InChI is InChI=1S/C13H17BrN4/c1-16-4-6-17(7-5-16)9-12-10-18-3-2-11(14)8-13(18)15-12/h2-3,8,10H,4-7,9H2,1H3. The van der Waals surface area contributed by atoms with E-state index in [1.807, 2.05) is 18.3 Å². The Morgan fingerprint density at radius 1 is 1.28 bits per heavy atom. The first-order valence-corrected chi connectivity index (χ1v) is 7.04. The maximum atomic E-state index is 4.66. The molecule has 18 heavy (non-hydrogen) atoms. The third-order valence-electron chi connectivity index (χ3n) is 3.45. The molecule has 1 saturated heterocycles. The second-order valence-corrected chi connectivity index (χ2v) is 5.84. The van der Waals surface area contributed by atoms with Gasteiger partial charge in [0.15, 0.2) is 0 Å². The van der Waals surface area contributed by atoms with Gasteiger partial charge in [0.05, 0.1) is 5.69 Å². The third-order valence-corrected chi connectivity index (χ3v) is 3.95. The number of imidazole rings is 1. The van der Waals surface area contributed by atoms with Gasteiger partial charge in [-0.05, 0) is 19.2 Å². The summed E-state index contributed by atoms with van der Waals surface area (Å²) in [6, 6.07) is 4.09. The van der Waals surface area contributed by atoms with Gasteiger partial charge in [0, 0.05) is 49.6 Å². The molecule has 0 N–H and O–H groups in total. The lowest BCUT2D eigenvalue weighted by Gasteiger charge is -2.31. The van der Waals surface area contributed by atoms with Gasteiger partial charge in [-0.25, -0.2) is 4.98 Å². The van der Waals surface area contributed by atoms with E-state index in [0.717, 1.165) is 48.5 Å². The van der Waals surface area contributed by atoms with Crippen molar-refractivity contribution in [1.82, 2.24) is 19.2 Å². The molecule has 0 atom stereocenters. The predicted octanol–water partition coefficient (Wildman–Crippen LogP) is 1.84. The van der Waals surface area contributed by atoms with E-state index >= 15 is 0 Å². The number of pyridine rings is 1. The summed E-state index contributed by atoms with van der Waals surface area (Å²) in [7, 11) is 2.18. The molecule has 4 nitrogen and oxygen atoms in total. The first-order chi connectivity index (χ1) is 8.70. The lowest BCUT2D eigenvalue weighted by molar-refractivity contribution is 0.147. The number of fused-ring (bicyclic) bond motifs is 1. The van der Waals surface area contributed by atoms with Crippen LogP contribution < -0.4 is 0 Å². The molecule has 0 bridgehead atoms. The molecule has 0 spiro atoms. The topological polar surface area (TPSA) is 23.8 Å². The molecule has 0 radical (unpaired) electrons. The molecule has 1 aliphatic heterocycles. The Bertz CT molecular complexity index is 543. The summed E-state index contributed by atoms with van der Waals surface area (Å²) < 4.78 is 3.16. The highest BCUT2D eigenvalue weighted by Crippen LogP contribution is 2.14. The molecule has 0 aromatic carbocycles. The van der Waals surface area contributed by atoms with Crippen molar-refractivity contribution in [1.29, 1.82) is 0 Å². The van der Waals surface area contributed by atoms with E-state index in [0.29, 0.717) is 0 Å². The van der Waals surface area contributed by atoms with Crippen molar-refractivity contribution in [3.8, 4) is 0 Å². The molecular formula is C13H17BrN4. The number of nitrogens with zero attached hydrogens (tertiary/aromatic N) is 4. The lowest BCUT2D eigenvalue weighted by Crippen LogP contribution is -2.43. The fourth-order valence-corrected chi connectivity index (χ4v) is 2.64. The first kappa shape index (κ1) is 12.1. The van der Waals surface area contributed by atoms with Crippen molar-refractivity contribution >= 4 is 21.6 Å². The van der Waals surface area contributed by atoms with Gasteiger partial charge in [-0.15, -0.1) is 0 Å². The highest BCUT2D eigenvalue weighted by Gasteiger charge is 2.15. The van der Waals surface area contributed by atoms with Crippen LogP contribution in [0.5, 0.6) is 0 Å². The smallest absolute Gasteiger partial charge is 0.138 e. The van der Waals surface area contributed by atoms with E-state index in [9.17, 15) is 0 Å². The van der Waals surface area contributed by atoms with Gasteiger partial charge in [0.2, 0.25) is 0 Å². The second-order valence-electron chi connectivity index (χ2n) is 4.92. The first-order valence-electron chi connectivity index (χ1n) is 6.25. The molecule has 2 aromatic rings. The van der Waals surface area contributed by atoms with Gasteiger partial charge >= 0.3 is 0 Å². The highest BCUT2D eigenvalue weighted by atomic mass is 79.9. The van der Waals surface area contributed by atoms with Crippen LogP contribution in [0, 0.1) is 0 Å². The summed E-state index contributed by atoms with van der Waals surface area (Å²) in [6.07, 6.45) is 4.17. The van der Waals surface area contributed by atoms with Crippen LogP contribution >= 0.6 is 15.9 Å². The fraction of sp³-hybridized carbons (Fsp3) is 0.462. The minimum Gasteiger partial charge on any atom is -0.307 e. The summed E-state index contributed by atoms with van der Waals surface area (Å²) in [5, 5.41) is 0. The molecule has 0 amide bonds. The minimum atomic E-state index is 0.952. The molecule has 2 aromatic heterocycles. The summed E-state index contributed by atoms with van der Waals surface area (Å²) in [6.45, 7) is 5.52.